The number of hydrogen-bond acceptors (Lipinski definition) is 4. The average Bonchev–Trinajstić information content (AvgIpc) is 2.38. The maximum absolute atomic E-state index is 12.0. The van der Waals surface area contributed by atoms with E-state index in [2.05, 4.69) is 0 Å². The largest absolute Gasteiger partial charge is 0.392 e. The lowest BCUT2D eigenvalue weighted by Crippen LogP contribution is -2.51. The van der Waals surface area contributed by atoms with E-state index in [4.69, 9.17) is 9.47 Å². The zero-order valence-electron chi connectivity index (χ0n) is 13.7. The Kier molecular flexibility index (Phi) is 5.58. The Morgan fingerprint density at radius 2 is 1.90 bits per heavy atom. The number of amides is 1. The number of aliphatic hydroxyl groups is 1. The Hall–Kier alpha value is -0.650. The van der Waals surface area contributed by atoms with Gasteiger partial charge in [-0.05, 0) is 13.8 Å². The lowest BCUT2D eigenvalue weighted by Gasteiger charge is -2.44. The second-order valence-electron chi connectivity index (χ2n) is 6.64. The van der Waals surface area contributed by atoms with E-state index < -0.39 is 17.8 Å². The molecule has 1 N–H and O–H groups in total. The Labute approximate surface area is 122 Å². The summed E-state index contributed by atoms with van der Waals surface area (Å²) in [4.78, 5) is 13.5. The summed E-state index contributed by atoms with van der Waals surface area (Å²) in [5.41, 5.74) is 0. The van der Waals surface area contributed by atoms with Crippen LogP contribution in [0.5, 0.6) is 0 Å². The standard InChI is InChI=1S/C15H29NO4/c1-9-8-19-15(4,5)20-13(9)10(2)12(17)11(3)14(18)16(6)7/h9-13,17H,8H2,1-7H3/t9-,10-,11+,12+,13-/m1/s1. The molecule has 0 aromatic heterocycles. The minimum atomic E-state index is -0.730. The fourth-order valence-electron chi connectivity index (χ4n) is 2.73. The lowest BCUT2D eigenvalue weighted by molar-refractivity contribution is -0.304. The van der Waals surface area contributed by atoms with Gasteiger partial charge in [-0.15, -0.1) is 0 Å². The maximum Gasteiger partial charge on any atom is 0.227 e. The van der Waals surface area contributed by atoms with Crippen LogP contribution in [0.2, 0.25) is 0 Å². The molecular formula is C15H29NO4. The van der Waals surface area contributed by atoms with E-state index in [1.807, 2.05) is 27.7 Å². The summed E-state index contributed by atoms with van der Waals surface area (Å²) in [7, 11) is 3.40. The van der Waals surface area contributed by atoms with Gasteiger partial charge in [0.25, 0.3) is 0 Å². The van der Waals surface area contributed by atoms with Crippen molar-refractivity contribution in [3.05, 3.63) is 0 Å². The van der Waals surface area contributed by atoms with Gasteiger partial charge in [0.15, 0.2) is 5.79 Å². The van der Waals surface area contributed by atoms with Crippen molar-refractivity contribution in [2.45, 2.75) is 52.6 Å². The third-order valence-electron chi connectivity index (χ3n) is 4.07. The van der Waals surface area contributed by atoms with Gasteiger partial charge in [-0.2, -0.15) is 0 Å². The normalized spacial score (nSPS) is 30.4. The van der Waals surface area contributed by atoms with Gasteiger partial charge in [0.2, 0.25) is 5.91 Å². The van der Waals surface area contributed by atoms with E-state index in [1.165, 1.54) is 4.90 Å². The number of hydrogen-bond donors (Lipinski definition) is 1. The van der Waals surface area contributed by atoms with Crippen molar-refractivity contribution in [1.82, 2.24) is 4.90 Å². The second-order valence-corrected chi connectivity index (χ2v) is 6.64. The minimum Gasteiger partial charge on any atom is -0.392 e. The van der Waals surface area contributed by atoms with E-state index in [0.29, 0.717) is 6.61 Å². The fourth-order valence-corrected chi connectivity index (χ4v) is 2.73. The van der Waals surface area contributed by atoms with Gasteiger partial charge in [0.1, 0.15) is 0 Å². The van der Waals surface area contributed by atoms with Crippen molar-refractivity contribution in [2.24, 2.45) is 17.8 Å². The molecule has 5 heteroatoms. The van der Waals surface area contributed by atoms with E-state index in [1.54, 1.807) is 21.0 Å². The van der Waals surface area contributed by atoms with Crippen LogP contribution in [0, 0.1) is 17.8 Å². The van der Waals surface area contributed by atoms with Gasteiger partial charge in [0, 0.05) is 25.9 Å². The third kappa shape index (κ3) is 3.93. The molecule has 1 saturated heterocycles. The number of ether oxygens (including phenoxy) is 2. The highest BCUT2D eigenvalue weighted by Crippen LogP contribution is 2.33. The van der Waals surface area contributed by atoms with E-state index in [9.17, 15) is 9.90 Å². The van der Waals surface area contributed by atoms with Crippen LogP contribution in [0.3, 0.4) is 0 Å². The lowest BCUT2D eigenvalue weighted by atomic mass is 9.83. The molecular weight excluding hydrogens is 258 g/mol. The first-order chi connectivity index (χ1) is 9.07. The van der Waals surface area contributed by atoms with Crippen LogP contribution in [-0.2, 0) is 14.3 Å². The monoisotopic (exact) mass is 287 g/mol. The maximum atomic E-state index is 12.0. The zero-order valence-corrected chi connectivity index (χ0v) is 13.7. The second kappa shape index (κ2) is 6.41. The SMILES string of the molecule is C[C@H]([C@H](O)[C@H](C)C(=O)N(C)C)[C@@H]1OC(C)(C)OC[C@H]1C. The summed E-state index contributed by atoms with van der Waals surface area (Å²) >= 11 is 0. The van der Waals surface area contributed by atoms with Crippen LogP contribution in [0.4, 0.5) is 0 Å². The molecule has 5 nitrogen and oxygen atoms in total. The molecule has 0 unspecified atom stereocenters. The third-order valence-corrected chi connectivity index (χ3v) is 4.07. The quantitative estimate of drug-likeness (QED) is 0.851. The predicted molar refractivity (Wildman–Crippen MR) is 77.1 cm³/mol. The van der Waals surface area contributed by atoms with Crippen LogP contribution < -0.4 is 0 Å². The summed E-state index contributed by atoms with van der Waals surface area (Å²) in [5, 5.41) is 10.5. The van der Waals surface area contributed by atoms with E-state index >= 15 is 0 Å². The van der Waals surface area contributed by atoms with Gasteiger partial charge < -0.3 is 19.5 Å². The molecule has 1 fully saturated rings. The zero-order chi connectivity index (χ0) is 15.7. The highest BCUT2D eigenvalue weighted by Gasteiger charge is 2.41. The van der Waals surface area contributed by atoms with Gasteiger partial charge in [-0.1, -0.05) is 20.8 Å². The Morgan fingerprint density at radius 3 is 2.40 bits per heavy atom. The molecule has 1 rings (SSSR count). The Bertz CT molecular complexity index is 343. The van der Waals surface area contributed by atoms with Crippen LogP contribution in [0.15, 0.2) is 0 Å². The highest BCUT2D eigenvalue weighted by molar-refractivity contribution is 5.78. The molecule has 1 aliphatic rings. The van der Waals surface area contributed by atoms with Gasteiger partial charge >= 0.3 is 0 Å². The topological polar surface area (TPSA) is 59.0 Å². The Balaban J connectivity index is 2.77. The number of nitrogens with zero attached hydrogens (tertiary/aromatic N) is 1. The summed E-state index contributed by atoms with van der Waals surface area (Å²) in [6.07, 6.45) is -0.850. The number of carbonyl (C=O) groups excluding carboxylic acids is 1. The highest BCUT2D eigenvalue weighted by atomic mass is 16.7. The minimum absolute atomic E-state index is 0.0664. The molecule has 118 valence electrons. The summed E-state index contributed by atoms with van der Waals surface area (Å²) < 4.78 is 11.6. The van der Waals surface area contributed by atoms with Gasteiger partial charge in [0.05, 0.1) is 24.7 Å². The van der Waals surface area contributed by atoms with E-state index in [-0.39, 0.29) is 23.8 Å². The van der Waals surface area contributed by atoms with Crippen molar-refractivity contribution < 1.29 is 19.4 Å². The Morgan fingerprint density at radius 1 is 1.35 bits per heavy atom. The van der Waals surface area contributed by atoms with E-state index in [0.717, 1.165) is 0 Å². The van der Waals surface area contributed by atoms with Crippen molar-refractivity contribution in [3.8, 4) is 0 Å². The first kappa shape index (κ1) is 17.4. The van der Waals surface area contributed by atoms with Crippen LogP contribution >= 0.6 is 0 Å². The molecule has 0 aromatic carbocycles. The van der Waals surface area contributed by atoms with Crippen LogP contribution in [-0.4, -0.2) is 54.6 Å². The number of aliphatic hydroxyl groups excluding tert-OH is 1. The average molecular weight is 287 g/mol. The number of rotatable bonds is 4. The predicted octanol–water partition coefficient (Wildman–Crippen LogP) is 1.50. The van der Waals surface area contributed by atoms with Crippen molar-refractivity contribution >= 4 is 5.91 Å². The molecule has 0 radical (unpaired) electrons. The molecule has 1 heterocycles. The van der Waals surface area contributed by atoms with Crippen LogP contribution in [0.25, 0.3) is 0 Å². The van der Waals surface area contributed by atoms with Crippen molar-refractivity contribution in [3.63, 3.8) is 0 Å². The fraction of sp³-hybridized carbons (Fsp3) is 0.933. The molecule has 0 bridgehead atoms. The van der Waals surface area contributed by atoms with Crippen molar-refractivity contribution in [1.29, 1.82) is 0 Å². The summed E-state index contributed by atoms with van der Waals surface area (Å²) in [6, 6.07) is 0. The number of carbonyl (C=O) groups is 1. The first-order valence-corrected chi connectivity index (χ1v) is 7.28. The molecule has 1 amide bonds. The smallest absolute Gasteiger partial charge is 0.227 e. The first-order valence-electron chi connectivity index (χ1n) is 7.28. The molecule has 0 aromatic rings. The molecule has 20 heavy (non-hydrogen) atoms. The molecule has 1 aliphatic heterocycles. The molecule has 5 atom stereocenters. The van der Waals surface area contributed by atoms with Crippen LogP contribution in [0.1, 0.15) is 34.6 Å². The summed E-state index contributed by atoms with van der Waals surface area (Å²) in [6.45, 7) is 10.1. The molecule has 0 spiro atoms. The van der Waals surface area contributed by atoms with Gasteiger partial charge in [-0.3, -0.25) is 4.79 Å². The summed E-state index contributed by atoms with van der Waals surface area (Å²) in [5.74, 6) is -1.09. The van der Waals surface area contributed by atoms with Crippen molar-refractivity contribution in [2.75, 3.05) is 20.7 Å². The van der Waals surface area contributed by atoms with Gasteiger partial charge in [-0.25, -0.2) is 0 Å². The molecule has 0 saturated carbocycles. The molecule has 0 aliphatic carbocycles.